The zero-order chi connectivity index (χ0) is 32.1. The van der Waals surface area contributed by atoms with Gasteiger partial charge in [0.1, 0.15) is 0 Å². The molecule has 0 bridgehead atoms. The Morgan fingerprint density at radius 3 is 1.50 bits per heavy atom. The quantitative estimate of drug-likeness (QED) is 0.194. The Morgan fingerprint density at radius 1 is 0.417 bits per heavy atom. The Kier molecular flexibility index (Phi) is 7.91. The summed E-state index contributed by atoms with van der Waals surface area (Å²) in [5.41, 5.74) is 12.6. The monoisotopic (exact) mass is 617 g/mol. The number of aromatic nitrogens is 3. The molecule has 0 radical (unpaired) electrons. The number of aliphatic imine (C=N–C) groups is 1. The lowest BCUT2D eigenvalue weighted by molar-refractivity contribution is 0.801. The van der Waals surface area contributed by atoms with E-state index in [4.69, 9.17) is 9.98 Å². The lowest BCUT2D eigenvalue weighted by atomic mass is 9.92. The van der Waals surface area contributed by atoms with Crippen molar-refractivity contribution < 1.29 is 0 Å². The molecule has 1 unspecified atom stereocenters. The fourth-order valence-electron chi connectivity index (χ4n) is 6.09. The van der Waals surface area contributed by atoms with Gasteiger partial charge in [0.2, 0.25) is 0 Å². The Morgan fingerprint density at radius 2 is 0.938 bits per heavy atom. The molecular weight excluding hydrogens is 587 g/mol. The summed E-state index contributed by atoms with van der Waals surface area (Å²) in [4.78, 5) is 19.6. The van der Waals surface area contributed by atoms with Crippen molar-refractivity contribution in [1.29, 1.82) is 0 Å². The second kappa shape index (κ2) is 13.1. The van der Waals surface area contributed by atoms with Crippen molar-refractivity contribution in [3.63, 3.8) is 0 Å². The zero-order valence-electron chi connectivity index (χ0n) is 26.1. The summed E-state index contributed by atoms with van der Waals surface area (Å²) in [6.45, 7) is 0. The van der Waals surface area contributed by atoms with Crippen LogP contribution in [0.5, 0.6) is 0 Å². The highest BCUT2D eigenvalue weighted by molar-refractivity contribution is 6.12. The number of nitrogens with one attached hydrogen (secondary N) is 1. The molecule has 0 fully saturated rings. The van der Waals surface area contributed by atoms with E-state index in [1.165, 1.54) is 0 Å². The van der Waals surface area contributed by atoms with Gasteiger partial charge in [-0.15, -0.1) is 0 Å². The summed E-state index contributed by atoms with van der Waals surface area (Å²) < 4.78 is 0. The molecule has 5 heteroatoms. The molecule has 1 atom stereocenters. The highest BCUT2D eigenvalue weighted by Crippen LogP contribution is 2.37. The molecule has 1 aliphatic rings. The van der Waals surface area contributed by atoms with Gasteiger partial charge in [0.05, 0.1) is 45.9 Å². The second-order valence-corrected chi connectivity index (χ2v) is 11.6. The van der Waals surface area contributed by atoms with Crippen LogP contribution in [0.15, 0.2) is 181 Å². The maximum atomic E-state index is 5.46. The van der Waals surface area contributed by atoms with Gasteiger partial charge in [-0.3, -0.25) is 9.97 Å². The first-order valence-electron chi connectivity index (χ1n) is 16.0. The van der Waals surface area contributed by atoms with Crippen molar-refractivity contribution in [1.82, 2.24) is 20.3 Å². The molecule has 0 spiro atoms. The van der Waals surface area contributed by atoms with Crippen molar-refractivity contribution in [2.24, 2.45) is 4.99 Å². The maximum absolute atomic E-state index is 5.46. The molecule has 7 aromatic rings. The van der Waals surface area contributed by atoms with Crippen molar-refractivity contribution in [3.05, 3.63) is 198 Å². The van der Waals surface area contributed by atoms with Crippen LogP contribution in [0.3, 0.4) is 0 Å². The summed E-state index contributed by atoms with van der Waals surface area (Å²) in [7, 11) is 0. The molecule has 8 rings (SSSR count). The summed E-state index contributed by atoms with van der Waals surface area (Å²) in [5, 5.41) is 3.91. The predicted molar refractivity (Wildman–Crippen MR) is 195 cm³/mol. The van der Waals surface area contributed by atoms with Crippen LogP contribution in [0, 0.1) is 0 Å². The Balaban J connectivity index is 1.25. The SMILES string of the molecule is c1ccc(C2=NC(c3ccc(-c4cc(-c5ccccn5)nc(-c5ccccn5)c4)cc3)=C(c3ccccc3)NC2c2ccccc2)cc1. The maximum Gasteiger partial charge on any atom is 0.0947 e. The molecule has 4 heterocycles. The number of pyridine rings is 3. The van der Waals surface area contributed by atoms with Gasteiger partial charge in [-0.25, -0.2) is 9.98 Å². The first-order valence-corrected chi connectivity index (χ1v) is 16.0. The third kappa shape index (κ3) is 5.93. The van der Waals surface area contributed by atoms with Crippen LogP contribution in [0.1, 0.15) is 28.3 Å². The minimum Gasteiger partial charge on any atom is -0.370 e. The molecule has 1 N–H and O–H groups in total. The van der Waals surface area contributed by atoms with Crippen LogP contribution < -0.4 is 5.32 Å². The fourth-order valence-corrected chi connectivity index (χ4v) is 6.09. The minimum atomic E-state index is -0.112. The molecule has 228 valence electrons. The highest BCUT2D eigenvalue weighted by Gasteiger charge is 2.28. The number of hydrogen-bond donors (Lipinski definition) is 1. The standard InChI is InChI=1S/C43H31N5/c1-4-14-31(15-5-1)40-41(32-16-6-2-7-17-32)48-43(42(47-40)33-18-8-3-9-19-33)34-24-22-30(23-25-34)35-28-38(36-20-10-12-26-44-36)46-39(29-35)37-21-11-13-27-45-37/h1-29,40,47H. The van der Waals surface area contributed by atoms with Crippen LogP contribution in [0.2, 0.25) is 0 Å². The van der Waals surface area contributed by atoms with E-state index in [2.05, 4.69) is 124 Å². The first-order chi connectivity index (χ1) is 23.8. The van der Waals surface area contributed by atoms with Crippen LogP contribution in [0.25, 0.3) is 45.3 Å². The van der Waals surface area contributed by atoms with E-state index >= 15 is 0 Å². The van der Waals surface area contributed by atoms with Gasteiger partial charge in [-0.1, -0.05) is 127 Å². The van der Waals surface area contributed by atoms with Gasteiger partial charge in [0.15, 0.2) is 0 Å². The lowest BCUT2D eigenvalue weighted by Gasteiger charge is -2.30. The Bertz CT molecular complexity index is 2160. The molecule has 5 nitrogen and oxygen atoms in total. The Labute approximate surface area is 280 Å². The van der Waals surface area contributed by atoms with Crippen LogP contribution in [0.4, 0.5) is 0 Å². The number of benzene rings is 4. The molecule has 0 saturated heterocycles. The lowest BCUT2D eigenvalue weighted by Crippen LogP contribution is -2.32. The van der Waals surface area contributed by atoms with Gasteiger partial charge in [0.25, 0.3) is 0 Å². The largest absolute Gasteiger partial charge is 0.370 e. The van der Waals surface area contributed by atoms with Crippen LogP contribution in [-0.4, -0.2) is 20.7 Å². The number of nitrogens with zero attached hydrogens (tertiary/aromatic N) is 4. The normalized spacial score (nSPS) is 14.2. The van der Waals surface area contributed by atoms with E-state index in [0.717, 1.165) is 73.3 Å². The topological polar surface area (TPSA) is 63.1 Å². The smallest absolute Gasteiger partial charge is 0.0947 e. The molecule has 4 aromatic carbocycles. The first kappa shape index (κ1) is 29.0. The van der Waals surface area contributed by atoms with Gasteiger partial charge >= 0.3 is 0 Å². The second-order valence-electron chi connectivity index (χ2n) is 11.6. The number of hydrogen-bond acceptors (Lipinski definition) is 5. The molecular formula is C43H31N5. The van der Waals surface area contributed by atoms with E-state index < -0.39 is 0 Å². The summed E-state index contributed by atoms with van der Waals surface area (Å²) >= 11 is 0. The van der Waals surface area contributed by atoms with E-state index in [0.29, 0.717) is 0 Å². The van der Waals surface area contributed by atoms with Crippen LogP contribution >= 0.6 is 0 Å². The molecule has 0 saturated carbocycles. The van der Waals surface area contributed by atoms with Crippen molar-refractivity contribution in [3.8, 4) is 33.9 Å². The van der Waals surface area contributed by atoms with Crippen molar-refractivity contribution in [2.45, 2.75) is 6.04 Å². The molecule has 0 amide bonds. The van der Waals surface area contributed by atoms with Gasteiger partial charge in [-0.2, -0.15) is 0 Å². The highest BCUT2D eigenvalue weighted by atomic mass is 15.0. The van der Waals surface area contributed by atoms with Gasteiger partial charge in [-0.05, 0) is 64.2 Å². The average Bonchev–Trinajstić information content (AvgIpc) is 3.19. The van der Waals surface area contributed by atoms with E-state index in [1.807, 2.05) is 54.6 Å². The van der Waals surface area contributed by atoms with E-state index in [-0.39, 0.29) is 6.04 Å². The summed E-state index contributed by atoms with van der Waals surface area (Å²) in [5.74, 6) is 0. The molecule has 3 aromatic heterocycles. The minimum absolute atomic E-state index is 0.112. The predicted octanol–water partition coefficient (Wildman–Crippen LogP) is 9.53. The summed E-state index contributed by atoms with van der Waals surface area (Å²) in [6.07, 6.45) is 3.59. The molecule has 48 heavy (non-hydrogen) atoms. The summed E-state index contributed by atoms with van der Waals surface area (Å²) in [6, 6.07) is 55.9. The van der Waals surface area contributed by atoms with Crippen LogP contribution in [-0.2, 0) is 0 Å². The molecule has 1 aliphatic heterocycles. The third-order valence-electron chi connectivity index (χ3n) is 8.47. The van der Waals surface area contributed by atoms with E-state index in [9.17, 15) is 0 Å². The van der Waals surface area contributed by atoms with Gasteiger partial charge in [0, 0.05) is 18.0 Å². The third-order valence-corrected chi connectivity index (χ3v) is 8.47. The van der Waals surface area contributed by atoms with Crippen molar-refractivity contribution >= 4 is 17.1 Å². The number of rotatable bonds is 7. The molecule has 0 aliphatic carbocycles. The van der Waals surface area contributed by atoms with Crippen molar-refractivity contribution in [2.75, 3.05) is 0 Å². The zero-order valence-corrected chi connectivity index (χ0v) is 26.1. The average molecular weight is 618 g/mol. The Hall–Kier alpha value is -6.46. The van der Waals surface area contributed by atoms with Gasteiger partial charge < -0.3 is 5.32 Å². The van der Waals surface area contributed by atoms with E-state index in [1.54, 1.807) is 12.4 Å². The fraction of sp³-hybridized carbons (Fsp3) is 0.0233.